The summed E-state index contributed by atoms with van der Waals surface area (Å²) < 4.78 is 0. The Morgan fingerprint density at radius 2 is 1.80 bits per heavy atom. The van der Waals surface area contributed by atoms with Crippen LogP contribution in [-0.2, 0) is 4.84 Å². The zero-order chi connectivity index (χ0) is 17.2. The first-order valence-corrected chi connectivity index (χ1v) is 11.0. The summed E-state index contributed by atoms with van der Waals surface area (Å²) in [5.74, 6) is 2.40. The van der Waals surface area contributed by atoms with E-state index in [-0.39, 0.29) is 5.60 Å². The lowest BCUT2D eigenvalue weighted by Gasteiger charge is -2.75. The highest BCUT2D eigenvalue weighted by atomic mass is 16.7. The van der Waals surface area contributed by atoms with E-state index in [2.05, 4.69) is 25.8 Å². The van der Waals surface area contributed by atoms with Gasteiger partial charge in [0.25, 0.3) is 0 Å². The number of aliphatic hydroxyl groups excluding tert-OH is 1. The zero-order valence-corrected chi connectivity index (χ0v) is 16.3. The molecule has 0 amide bonds. The second kappa shape index (κ2) is 4.47. The molecule has 0 radical (unpaired) electrons. The Morgan fingerprint density at radius 1 is 1.00 bits per heavy atom. The average molecular weight is 346 g/mol. The SMILES string of the molecule is CC1(C)ON2[C@@H]3C4CC[C@]35CCC[C@H]5[C@@]3(CCCO)[C@H]2[C@@H]1CC[C@@]43C. The molecule has 6 bridgehead atoms. The molecule has 25 heavy (non-hydrogen) atoms. The number of hydrogen-bond acceptors (Lipinski definition) is 3. The first-order chi connectivity index (χ1) is 11.9. The quantitative estimate of drug-likeness (QED) is 0.834. The fraction of sp³-hybridized carbons (Fsp3) is 1.00. The Balaban J connectivity index is 1.61. The average Bonchev–Trinajstić information content (AvgIpc) is 3.22. The van der Waals surface area contributed by atoms with Crippen molar-refractivity contribution >= 4 is 0 Å². The van der Waals surface area contributed by atoms with Crippen molar-refractivity contribution in [2.75, 3.05) is 6.61 Å². The van der Waals surface area contributed by atoms with Gasteiger partial charge in [0.15, 0.2) is 0 Å². The van der Waals surface area contributed by atoms with E-state index in [0.29, 0.717) is 40.9 Å². The summed E-state index contributed by atoms with van der Waals surface area (Å²) in [7, 11) is 0. The summed E-state index contributed by atoms with van der Waals surface area (Å²) in [6.07, 6.45) is 12.1. The van der Waals surface area contributed by atoms with Gasteiger partial charge >= 0.3 is 0 Å². The molecule has 7 aliphatic rings. The second-order valence-electron chi connectivity index (χ2n) is 11.2. The number of aliphatic hydroxyl groups is 1. The van der Waals surface area contributed by atoms with Gasteiger partial charge in [0, 0.05) is 24.6 Å². The van der Waals surface area contributed by atoms with Crippen LogP contribution < -0.4 is 0 Å². The van der Waals surface area contributed by atoms with E-state index in [1.807, 2.05) is 0 Å². The van der Waals surface area contributed by atoms with Crippen LogP contribution in [0.25, 0.3) is 0 Å². The number of rotatable bonds is 3. The highest BCUT2D eigenvalue weighted by Crippen LogP contribution is 2.84. The minimum Gasteiger partial charge on any atom is -0.396 e. The van der Waals surface area contributed by atoms with Crippen LogP contribution in [0.3, 0.4) is 0 Å². The first-order valence-electron chi connectivity index (χ1n) is 11.0. The van der Waals surface area contributed by atoms with Crippen LogP contribution in [0.2, 0.25) is 0 Å². The molecule has 1 spiro atoms. The van der Waals surface area contributed by atoms with Crippen molar-refractivity contribution in [2.24, 2.45) is 34.0 Å². The summed E-state index contributed by atoms with van der Waals surface area (Å²) in [6.45, 7) is 7.74. The molecule has 1 unspecified atom stereocenters. The lowest BCUT2D eigenvalue weighted by Crippen LogP contribution is -2.79. The Kier molecular flexibility index (Phi) is 2.84. The van der Waals surface area contributed by atoms with Gasteiger partial charge in [-0.1, -0.05) is 13.3 Å². The molecule has 3 saturated heterocycles. The van der Waals surface area contributed by atoms with Crippen LogP contribution in [0.1, 0.15) is 78.6 Å². The van der Waals surface area contributed by atoms with Gasteiger partial charge in [-0.2, -0.15) is 5.06 Å². The number of piperidine rings is 2. The molecule has 3 heteroatoms. The molecule has 4 aliphatic carbocycles. The summed E-state index contributed by atoms with van der Waals surface area (Å²) in [5, 5.41) is 12.4. The van der Waals surface area contributed by atoms with Crippen molar-refractivity contribution < 1.29 is 9.94 Å². The van der Waals surface area contributed by atoms with Gasteiger partial charge in [0.1, 0.15) is 0 Å². The van der Waals surface area contributed by atoms with E-state index >= 15 is 0 Å². The highest BCUT2D eigenvalue weighted by molar-refractivity contribution is 5.32. The molecule has 0 aromatic heterocycles. The van der Waals surface area contributed by atoms with Crippen molar-refractivity contribution in [1.82, 2.24) is 5.06 Å². The molecule has 7 rings (SSSR count). The lowest BCUT2D eigenvalue weighted by atomic mass is 9.33. The molecule has 0 aromatic rings. The van der Waals surface area contributed by atoms with E-state index < -0.39 is 0 Å². The van der Waals surface area contributed by atoms with Crippen LogP contribution in [-0.4, -0.2) is 34.5 Å². The van der Waals surface area contributed by atoms with Crippen molar-refractivity contribution in [1.29, 1.82) is 0 Å². The third kappa shape index (κ3) is 1.42. The molecule has 3 heterocycles. The molecule has 4 saturated carbocycles. The monoisotopic (exact) mass is 345 g/mol. The van der Waals surface area contributed by atoms with Crippen LogP contribution in [0.5, 0.6) is 0 Å². The van der Waals surface area contributed by atoms with Gasteiger partial charge in [0.2, 0.25) is 0 Å². The molecule has 3 nitrogen and oxygen atoms in total. The number of hydroxylamine groups is 2. The van der Waals surface area contributed by atoms with Crippen LogP contribution in [0.15, 0.2) is 0 Å². The molecule has 140 valence electrons. The highest BCUT2D eigenvalue weighted by Gasteiger charge is 2.84. The minimum absolute atomic E-state index is 0.00618. The van der Waals surface area contributed by atoms with Crippen LogP contribution in [0, 0.1) is 34.0 Å². The Labute approximate surface area is 152 Å². The Bertz CT molecular complexity index is 619. The van der Waals surface area contributed by atoms with E-state index in [9.17, 15) is 5.11 Å². The number of hydrogen-bond donors (Lipinski definition) is 1. The fourth-order valence-corrected chi connectivity index (χ4v) is 10.2. The number of nitrogens with zero attached hydrogens (tertiary/aromatic N) is 1. The van der Waals surface area contributed by atoms with Gasteiger partial charge in [-0.3, -0.25) is 4.84 Å². The molecule has 0 aromatic carbocycles. The predicted octanol–water partition coefficient (Wildman–Crippen LogP) is 4.15. The van der Waals surface area contributed by atoms with Crippen molar-refractivity contribution in [2.45, 2.75) is 96.2 Å². The van der Waals surface area contributed by atoms with Gasteiger partial charge in [-0.05, 0) is 93.3 Å². The third-order valence-electron chi connectivity index (χ3n) is 10.6. The van der Waals surface area contributed by atoms with Gasteiger partial charge in [-0.25, -0.2) is 0 Å². The molecular formula is C22H35NO2. The predicted molar refractivity (Wildman–Crippen MR) is 96.7 cm³/mol. The van der Waals surface area contributed by atoms with Crippen LogP contribution in [0.4, 0.5) is 0 Å². The summed E-state index contributed by atoms with van der Waals surface area (Å²) in [6, 6.07) is 1.30. The Morgan fingerprint density at radius 3 is 2.60 bits per heavy atom. The van der Waals surface area contributed by atoms with Gasteiger partial charge < -0.3 is 5.11 Å². The first kappa shape index (κ1) is 15.9. The standard InChI is InChI=1S/C22H35NO2/c1-19(2)14-7-11-20(3)15-8-12-21-9-4-6-16(21)22(20,10-5-13-24)18(14)23(25-19)17(15)21/h14-18,24H,4-13H2,1-3H3/t14-,15?,16+,17+,18+,20-,21-,22-/m0/s1. The van der Waals surface area contributed by atoms with Crippen LogP contribution >= 0.6 is 0 Å². The van der Waals surface area contributed by atoms with Gasteiger partial charge in [0.05, 0.1) is 5.60 Å². The van der Waals surface area contributed by atoms with E-state index in [1.165, 1.54) is 51.4 Å². The maximum atomic E-state index is 9.76. The molecule has 1 N–H and O–H groups in total. The summed E-state index contributed by atoms with van der Waals surface area (Å²) >= 11 is 0. The summed E-state index contributed by atoms with van der Waals surface area (Å²) in [4.78, 5) is 6.82. The van der Waals surface area contributed by atoms with E-state index in [4.69, 9.17) is 4.84 Å². The Hall–Kier alpha value is -0.120. The largest absolute Gasteiger partial charge is 0.396 e. The summed E-state index contributed by atoms with van der Waals surface area (Å²) in [5.41, 5.74) is 1.40. The van der Waals surface area contributed by atoms with Crippen molar-refractivity contribution in [3.05, 3.63) is 0 Å². The zero-order valence-electron chi connectivity index (χ0n) is 16.3. The van der Waals surface area contributed by atoms with E-state index in [0.717, 1.165) is 18.3 Å². The second-order valence-corrected chi connectivity index (χ2v) is 11.2. The minimum atomic E-state index is -0.00618. The maximum Gasteiger partial charge on any atom is 0.0888 e. The maximum absolute atomic E-state index is 9.76. The molecule has 8 atom stereocenters. The molecule has 3 aliphatic heterocycles. The topological polar surface area (TPSA) is 32.7 Å². The third-order valence-corrected chi connectivity index (χ3v) is 10.6. The van der Waals surface area contributed by atoms with Crippen molar-refractivity contribution in [3.63, 3.8) is 0 Å². The lowest BCUT2D eigenvalue weighted by molar-refractivity contribution is -0.356. The van der Waals surface area contributed by atoms with E-state index in [1.54, 1.807) is 0 Å². The molecule has 7 fully saturated rings. The van der Waals surface area contributed by atoms with Gasteiger partial charge in [-0.15, -0.1) is 0 Å². The fourth-order valence-electron chi connectivity index (χ4n) is 10.2. The molecular weight excluding hydrogens is 310 g/mol. The smallest absolute Gasteiger partial charge is 0.0888 e. The van der Waals surface area contributed by atoms with Crippen molar-refractivity contribution in [3.8, 4) is 0 Å². The normalized spacial score (nSPS) is 60.2.